The molecular weight excluding hydrogens is 336 g/mol. The van der Waals surface area contributed by atoms with Gasteiger partial charge in [-0.3, -0.25) is 14.9 Å². The van der Waals surface area contributed by atoms with Crippen LogP contribution in [0.25, 0.3) is 6.08 Å². The number of nitro benzene ring substituents is 1. The molecule has 26 heavy (non-hydrogen) atoms. The van der Waals surface area contributed by atoms with Crippen LogP contribution in [0.3, 0.4) is 0 Å². The first-order valence-electron chi connectivity index (χ1n) is 8.15. The quantitative estimate of drug-likeness (QED) is 0.489. The maximum Gasteiger partial charge on any atom is 0.270 e. The van der Waals surface area contributed by atoms with Gasteiger partial charge in [-0.2, -0.15) is 0 Å². The average Bonchev–Trinajstić information content (AvgIpc) is 2.66. The Kier molecular flexibility index (Phi) is 5.60. The molecule has 1 heterocycles. The number of rotatable bonds is 6. The second kappa shape index (κ2) is 8.26. The minimum atomic E-state index is -0.480. The van der Waals surface area contributed by atoms with E-state index in [-0.39, 0.29) is 25.0 Å². The Morgan fingerprint density at radius 2 is 2.08 bits per heavy atom. The van der Waals surface area contributed by atoms with Gasteiger partial charge in [-0.1, -0.05) is 30.3 Å². The van der Waals surface area contributed by atoms with Crippen molar-refractivity contribution in [1.29, 1.82) is 0 Å². The van der Waals surface area contributed by atoms with Crippen molar-refractivity contribution in [3.8, 4) is 5.75 Å². The zero-order valence-electron chi connectivity index (χ0n) is 14.0. The SMILES string of the molecule is O=C(/C=C/c1cc([N+](=O)[O-])cc2c1OCOC2)NCCc1ccccc1. The summed E-state index contributed by atoms with van der Waals surface area (Å²) in [7, 11) is 0. The van der Waals surface area contributed by atoms with E-state index in [1.807, 2.05) is 30.3 Å². The maximum absolute atomic E-state index is 12.0. The monoisotopic (exact) mass is 354 g/mol. The smallest absolute Gasteiger partial charge is 0.270 e. The molecule has 0 atom stereocenters. The number of nitrogens with one attached hydrogen (secondary N) is 1. The zero-order chi connectivity index (χ0) is 18.4. The van der Waals surface area contributed by atoms with Crippen LogP contribution in [0, 0.1) is 10.1 Å². The second-order valence-corrected chi connectivity index (χ2v) is 5.75. The largest absolute Gasteiger partial charge is 0.467 e. The maximum atomic E-state index is 12.0. The number of carbonyl (C=O) groups is 1. The van der Waals surface area contributed by atoms with E-state index in [1.165, 1.54) is 24.3 Å². The number of carbonyl (C=O) groups excluding carboxylic acids is 1. The number of nitrogens with zero attached hydrogens (tertiary/aromatic N) is 1. The van der Waals surface area contributed by atoms with Crippen molar-refractivity contribution in [2.45, 2.75) is 13.0 Å². The molecule has 2 aromatic rings. The molecule has 1 aliphatic rings. The molecule has 0 unspecified atom stereocenters. The summed E-state index contributed by atoms with van der Waals surface area (Å²) in [5.41, 5.74) is 2.14. The molecule has 0 aliphatic carbocycles. The van der Waals surface area contributed by atoms with Gasteiger partial charge in [0.05, 0.1) is 11.5 Å². The number of amides is 1. The van der Waals surface area contributed by atoms with Gasteiger partial charge in [0.2, 0.25) is 5.91 Å². The van der Waals surface area contributed by atoms with Crippen LogP contribution in [0.15, 0.2) is 48.5 Å². The van der Waals surface area contributed by atoms with Crippen LogP contribution >= 0.6 is 0 Å². The summed E-state index contributed by atoms with van der Waals surface area (Å²) in [6, 6.07) is 12.6. The minimum absolute atomic E-state index is 0.0676. The summed E-state index contributed by atoms with van der Waals surface area (Å²) in [6.45, 7) is 0.820. The number of benzene rings is 2. The number of fused-ring (bicyclic) bond motifs is 1. The standard InChI is InChI=1S/C19H18N2O5/c22-18(20-9-8-14-4-2-1-3-5-14)7-6-15-10-17(21(23)24)11-16-12-25-13-26-19(15)16/h1-7,10-11H,8-9,12-13H2,(H,20,22)/b7-6+. The van der Waals surface area contributed by atoms with E-state index in [2.05, 4.69) is 5.32 Å². The Morgan fingerprint density at radius 3 is 2.85 bits per heavy atom. The van der Waals surface area contributed by atoms with Crippen molar-refractivity contribution in [3.05, 3.63) is 75.3 Å². The van der Waals surface area contributed by atoms with Gasteiger partial charge < -0.3 is 14.8 Å². The molecule has 0 saturated heterocycles. The fourth-order valence-corrected chi connectivity index (χ4v) is 2.66. The first kappa shape index (κ1) is 17.6. The molecule has 1 amide bonds. The number of non-ortho nitro benzene ring substituents is 1. The predicted molar refractivity (Wildman–Crippen MR) is 95.6 cm³/mol. The molecule has 1 N–H and O–H groups in total. The molecule has 0 aromatic heterocycles. The Balaban J connectivity index is 1.66. The van der Waals surface area contributed by atoms with Gasteiger partial charge in [0, 0.05) is 35.9 Å². The Morgan fingerprint density at radius 1 is 1.27 bits per heavy atom. The van der Waals surface area contributed by atoms with Gasteiger partial charge in [0.25, 0.3) is 5.69 Å². The number of hydrogen-bond donors (Lipinski definition) is 1. The molecule has 0 radical (unpaired) electrons. The van der Waals surface area contributed by atoms with Crippen LogP contribution in [0.2, 0.25) is 0 Å². The number of hydrogen-bond acceptors (Lipinski definition) is 5. The van der Waals surface area contributed by atoms with Crippen molar-refractivity contribution in [2.24, 2.45) is 0 Å². The lowest BCUT2D eigenvalue weighted by Gasteiger charge is -2.19. The number of nitro groups is 1. The topological polar surface area (TPSA) is 90.7 Å². The molecule has 1 aliphatic heterocycles. The van der Waals surface area contributed by atoms with E-state index in [0.29, 0.717) is 23.4 Å². The van der Waals surface area contributed by atoms with E-state index >= 15 is 0 Å². The summed E-state index contributed by atoms with van der Waals surface area (Å²) in [6.07, 6.45) is 3.60. The van der Waals surface area contributed by atoms with Gasteiger partial charge in [-0.15, -0.1) is 0 Å². The molecule has 134 valence electrons. The molecular formula is C19H18N2O5. The summed E-state index contributed by atoms with van der Waals surface area (Å²) < 4.78 is 10.6. The zero-order valence-corrected chi connectivity index (χ0v) is 14.0. The van der Waals surface area contributed by atoms with Gasteiger partial charge in [0.1, 0.15) is 5.75 Å². The van der Waals surface area contributed by atoms with Gasteiger partial charge in [0.15, 0.2) is 6.79 Å². The van der Waals surface area contributed by atoms with Crippen LogP contribution in [0.1, 0.15) is 16.7 Å². The molecule has 7 heteroatoms. The first-order chi connectivity index (χ1) is 12.6. The third kappa shape index (κ3) is 4.46. The normalized spacial score (nSPS) is 13.1. The van der Waals surface area contributed by atoms with Gasteiger partial charge in [-0.05, 0) is 18.1 Å². The van der Waals surface area contributed by atoms with Crippen molar-refractivity contribution >= 4 is 17.7 Å². The average molecular weight is 354 g/mol. The fourth-order valence-electron chi connectivity index (χ4n) is 2.66. The van der Waals surface area contributed by atoms with E-state index in [0.717, 1.165) is 12.0 Å². The lowest BCUT2D eigenvalue weighted by Crippen LogP contribution is -2.23. The van der Waals surface area contributed by atoms with E-state index in [4.69, 9.17) is 9.47 Å². The van der Waals surface area contributed by atoms with Crippen molar-refractivity contribution in [1.82, 2.24) is 5.32 Å². The molecule has 3 rings (SSSR count). The molecule has 0 fully saturated rings. The molecule has 0 spiro atoms. The van der Waals surface area contributed by atoms with Gasteiger partial charge >= 0.3 is 0 Å². The summed E-state index contributed by atoms with van der Waals surface area (Å²) in [4.78, 5) is 22.6. The van der Waals surface area contributed by atoms with E-state index < -0.39 is 4.92 Å². The molecule has 2 aromatic carbocycles. The lowest BCUT2D eigenvalue weighted by molar-refractivity contribution is -0.385. The van der Waals surface area contributed by atoms with Gasteiger partial charge in [-0.25, -0.2) is 0 Å². The predicted octanol–water partition coefficient (Wildman–Crippen LogP) is 2.83. The third-order valence-electron chi connectivity index (χ3n) is 3.90. The highest BCUT2D eigenvalue weighted by atomic mass is 16.7. The van der Waals surface area contributed by atoms with Crippen LogP contribution in [0.5, 0.6) is 5.75 Å². The fraction of sp³-hybridized carbons (Fsp3) is 0.211. The molecule has 0 bridgehead atoms. The highest BCUT2D eigenvalue weighted by molar-refractivity contribution is 5.92. The van der Waals surface area contributed by atoms with Crippen molar-refractivity contribution in [2.75, 3.05) is 13.3 Å². The lowest BCUT2D eigenvalue weighted by atomic mass is 10.1. The highest BCUT2D eigenvalue weighted by Gasteiger charge is 2.19. The highest BCUT2D eigenvalue weighted by Crippen LogP contribution is 2.33. The third-order valence-corrected chi connectivity index (χ3v) is 3.90. The van der Waals surface area contributed by atoms with Crippen molar-refractivity contribution < 1.29 is 19.2 Å². The second-order valence-electron chi connectivity index (χ2n) is 5.75. The summed E-state index contributed by atoms with van der Waals surface area (Å²) >= 11 is 0. The van der Waals surface area contributed by atoms with Crippen LogP contribution in [0.4, 0.5) is 5.69 Å². The Hall–Kier alpha value is -3.19. The summed E-state index contributed by atoms with van der Waals surface area (Å²) in [5, 5.41) is 13.9. The van der Waals surface area contributed by atoms with Crippen molar-refractivity contribution in [3.63, 3.8) is 0 Å². The Labute approximate surface area is 150 Å². The summed E-state index contributed by atoms with van der Waals surface area (Å²) in [5.74, 6) is 0.239. The Bertz CT molecular complexity index is 833. The molecule has 0 saturated carbocycles. The minimum Gasteiger partial charge on any atom is -0.467 e. The molecule has 7 nitrogen and oxygen atoms in total. The van der Waals surface area contributed by atoms with Crippen LogP contribution in [-0.2, 0) is 22.6 Å². The van der Waals surface area contributed by atoms with Crippen LogP contribution in [-0.4, -0.2) is 24.2 Å². The first-order valence-corrected chi connectivity index (χ1v) is 8.15. The van der Waals surface area contributed by atoms with E-state index in [9.17, 15) is 14.9 Å². The van der Waals surface area contributed by atoms with Crippen LogP contribution < -0.4 is 10.1 Å². The number of ether oxygens (including phenoxy) is 2. The van der Waals surface area contributed by atoms with E-state index in [1.54, 1.807) is 0 Å².